The van der Waals surface area contributed by atoms with Crippen LogP contribution < -0.4 is 0 Å². The lowest BCUT2D eigenvalue weighted by Crippen LogP contribution is -2.04. The highest BCUT2D eigenvalue weighted by molar-refractivity contribution is 5.85. The topological polar surface area (TPSA) is 59.7 Å². The smallest absolute Gasteiger partial charge is 0.372 e. The molecule has 0 fully saturated rings. The molecule has 0 aliphatic rings. The van der Waals surface area contributed by atoms with Crippen molar-refractivity contribution in [2.24, 2.45) is 5.92 Å². The third-order valence-electron chi connectivity index (χ3n) is 1.65. The molecule has 0 spiro atoms. The summed E-state index contributed by atoms with van der Waals surface area (Å²) >= 11 is 0. The first-order chi connectivity index (χ1) is 6.61. The molecule has 0 aromatic carbocycles. The van der Waals surface area contributed by atoms with Gasteiger partial charge in [-0.15, -0.1) is 0 Å². The van der Waals surface area contributed by atoms with Gasteiger partial charge in [0.15, 0.2) is 0 Å². The average molecular weight is 198 g/mol. The van der Waals surface area contributed by atoms with Gasteiger partial charge in [-0.3, -0.25) is 0 Å². The van der Waals surface area contributed by atoms with E-state index in [1.807, 2.05) is 13.8 Å². The second-order valence-electron chi connectivity index (χ2n) is 3.49. The van der Waals surface area contributed by atoms with Gasteiger partial charge in [-0.2, -0.15) is 0 Å². The van der Waals surface area contributed by atoms with Gasteiger partial charge in [0.25, 0.3) is 0 Å². The van der Waals surface area contributed by atoms with Crippen molar-refractivity contribution in [2.45, 2.75) is 20.5 Å². The quantitative estimate of drug-likeness (QED) is 0.787. The number of aromatic carboxylic acids is 1. The van der Waals surface area contributed by atoms with Gasteiger partial charge in [0.1, 0.15) is 0 Å². The molecule has 0 amide bonds. The van der Waals surface area contributed by atoms with Crippen LogP contribution in [0, 0.1) is 5.92 Å². The van der Waals surface area contributed by atoms with E-state index < -0.39 is 5.97 Å². The Morgan fingerprint density at radius 3 is 2.93 bits per heavy atom. The van der Waals surface area contributed by atoms with Gasteiger partial charge in [-0.05, 0) is 12.0 Å². The predicted octanol–water partition coefficient (Wildman–Crippen LogP) is 2.15. The van der Waals surface area contributed by atoms with Crippen LogP contribution in [0.3, 0.4) is 0 Å². The molecule has 0 saturated carbocycles. The third kappa shape index (κ3) is 2.88. The summed E-state index contributed by atoms with van der Waals surface area (Å²) in [7, 11) is 0. The van der Waals surface area contributed by atoms with Crippen LogP contribution in [0.4, 0.5) is 0 Å². The second kappa shape index (κ2) is 4.81. The summed E-state index contributed by atoms with van der Waals surface area (Å²) in [4.78, 5) is 10.6. The van der Waals surface area contributed by atoms with E-state index in [1.165, 1.54) is 6.26 Å². The van der Waals surface area contributed by atoms with Crippen molar-refractivity contribution in [2.75, 3.05) is 6.61 Å². The maximum absolute atomic E-state index is 10.6. The monoisotopic (exact) mass is 198 g/mol. The molecule has 14 heavy (non-hydrogen) atoms. The minimum atomic E-state index is -1.06. The largest absolute Gasteiger partial charge is 0.475 e. The van der Waals surface area contributed by atoms with Crippen molar-refractivity contribution in [1.82, 2.24) is 0 Å². The van der Waals surface area contributed by atoms with E-state index in [1.54, 1.807) is 6.07 Å². The number of hydrogen-bond acceptors (Lipinski definition) is 3. The van der Waals surface area contributed by atoms with Gasteiger partial charge in [0, 0.05) is 12.2 Å². The molecule has 0 aliphatic carbocycles. The van der Waals surface area contributed by atoms with Gasteiger partial charge in [0.2, 0.25) is 5.76 Å². The van der Waals surface area contributed by atoms with E-state index in [0.717, 1.165) is 0 Å². The van der Waals surface area contributed by atoms with Crippen LogP contribution in [0.1, 0.15) is 30.0 Å². The number of furan rings is 1. The van der Waals surface area contributed by atoms with Crippen LogP contribution in [0.5, 0.6) is 0 Å². The van der Waals surface area contributed by atoms with E-state index in [-0.39, 0.29) is 12.4 Å². The summed E-state index contributed by atoms with van der Waals surface area (Å²) in [5.41, 5.74) is 0.582. The highest BCUT2D eigenvalue weighted by Crippen LogP contribution is 2.12. The number of carboxylic acids is 1. The summed E-state index contributed by atoms with van der Waals surface area (Å²) in [5, 5.41) is 8.71. The molecule has 1 N–H and O–H groups in total. The Labute approximate surface area is 82.5 Å². The van der Waals surface area contributed by atoms with Crippen LogP contribution >= 0.6 is 0 Å². The molecule has 1 heterocycles. The molecule has 0 saturated heterocycles. The lowest BCUT2D eigenvalue weighted by Gasteiger charge is -2.05. The molecule has 4 nitrogen and oxygen atoms in total. The van der Waals surface area contributed by atoms with Gasteiger partial charge in [-0.1, -0.05) is 13.8 Å². The minimum Gasteiger partial charge on any atom is -0.475 e. The van der Waals surface area contributed by atoms with E-state index in [9.17, 15) is 4.79 Å². The Hall–Kier alpha value is -1.29. The Kier molecular flexibility index (Phi) is 3.71. The van der Waals surface area contributed by atoms with Crippen molar-refractivity contribution in [1.29, 1.82) is 0 Å². The zero-order valence-electron chi connectivity index (χ0n) is 8.32. The van der Waals surface area contributed by atoms with E-state index in [2.05, 4.69) is 0 Å². The second-order valence-corrected chi connectivity index (χ2v) is 3.49. The standard InChI is InChI=1S/C10H14O4/c1-7(2)5-13-6-8-3-4-14-9(8)10(11)12/h3-4,7H,5-6H2,1-2H3,(H,11,12). The summed E-state index contributed by atoms with van der Waals surface area (Å²) < 4.78 is 10.1. The molecular weight excluding hydrogens is 184 g/mol. The Bertz CT molecular complexity index is 301. The lowest BCUT2D eigenvalue weighted by molar-refractivity contribution is 0.0643. The van der Waals surface area contributed by atoms with Crippen LogP contribution in [-0.2, 0) is 11.3 Å². The van der Waals surface area contributed by atoms with E-state index in [4.69, 9.17) is 14.3 Å². The van der Waals surface area contributed by atoms with E-state index in [0.29, 0.717) is 18.1 Å². The molecule has 4 heteroatoms. The third-order valence-corrected chi connectivity index (χ3v) is 1.65. The number of carbonyl (C=O) groups is 1. The molecule has 0 aliphatic heterocycles. The molecule has 0 unspecified atom stereocenters. The van der Waals surface area contributed by atoms with Gasteiger partial charge in [-0.25, -0.2) is 4.79 Å². The fraction of sp³-hybridized carbons (Fsp3) is 0.500. The SMILES string of the molecule is CC(C)COCc1ccoc1C(=O)O. The maximum Gasteiger partial charge on any atom is 0.372 e. The zero-order chi connectivity index (χ0) is 10.6. The maximum atomic E-state index is 10.6. The molecular formula is C10H14O4. The van der Waals surface area contributed by atoms with Crippen LogP contribution in [-0.4, -0.2) is 17.7 Å². The molecule has 0 atom stereocenters. The lowest BCUT2D eigenvalue weighted by atomic mass is 10.2. The van der Waals surface area contributed by atoms with Gasteiger partial charge >= 0.3 is 5.97 Å². The predicted molar refractivity (Wildman–Crippen MR) is 50.2 cm³/mol. The van der Waals surface area contributed by atoms with Crippen LogP contribution in [0.15, 0.2) is 16.7 Å². The van der Waals surface area contributed by atoms with Crippen molar-refractivity contribution < 1.29 is 19.1 Å². The van der Waals surface area contributed by atoms with Gasteiger partial charge < -0.3 is 14.3 Å². The molecule has 1 aromatic heterocycles. The summed E-state index contributed by atoms with van der Waals surface area (Å²) in [6.45, 7) is 4.97. The highest BCUT2D eigenvalue weighted by atomic mass is 16.5. The highest BCUT2D eigenvalue weighted by Gasteiger charge is 2.13. The Balaban J connectivity index is 2.50. The Morgan fingerprint density at radius 2 is 2.36 bits per heavy atom. The molecule has 0 radical (unpaired) electrons. The first-order valence-corrected chi connectivity index (χ1v) is 4.48. The number of carboxylic acid groups (broad SMARTS) is 1. The molecule has 1 rings (SSSR count). The fourth-order valence-corrected chi connectivity index (χ4v) is 1.04. The normalized spacial score (nSPS) is 10.8. The summed E-state index contributed by atoms with van der Waals surface area (Å²) in [5.74, 6) is -0.651. The molecule has 1 aromatic rings. The number of hydrogen-bond donors (Lipinski definition) is 1. The zero-order valence-corrected chi connectivity index (χ0v) is 8.32. The fourth-order valence-electron chi connectivity index (χ4n) is 1.04. The van der Waals surface area contributed by atoms with Crippen molar-refractivity contribution in [3.8, 4) is 0 Å². The van der Waals surface area contributed by atoms with Crippen LogP contribution in [0.2, 0.25) is 0 Å². The van der Waals surface area contributed by atoms with Gasteiger partial charge in [0.05, 0.1) is 12.9 Å². The van der Waals surface area contributed by atoms with Crippen molar-refractivity contribution in [3.63, 3.8) is 0 Å². The van der Waals surface area contributed by atoms with Crippen LogP contribution in [0.25, 0.3) is 0 Å². The van der Waals surface area contributed by atoms with Crippen molar-refractivity contribution >= 4 is 5.97 Å². The average Bonchev–Trinajstić information content (AvgIpc) is 2.51. The summed E-state index contributed by atoms with van der Waals surface area (Å²) in [6.07, 6.45) is 1.36. The first-order valence-electron chi connectivity index (χ1n) is 4.48. The summed E-state index contributed by atoms with van der Waals surface area (Å²) in [6, 6.07) is 1.61. The Morgan fingerprint density at radius 1 is 1.64 bits per heavy atom. The molecule has 78 valence electrons. The number of ether oxygens (including phenoxy) is 1. The van der Waals surface area contributed by atoms with E-state index >= 15 is 0 Å². The van der Waals surface area contributed by atoms with Crippen molar-refractivity contribution in [3.05, 3.63) is 23.7 Å². The minimum absolute atomic E-state index is 0.0336. The first kappa shape index (κ1) is 10.8. The number of rotatable bonds is 5. The molecule has 0 bridgehead atoms.